The van der Waals surface area contributed by atoms with Crippen molar-refractivity contribution in [3.05, 3.63) is 121 Å². The van der Waals surface area contributed by atoms with Gasteiger partial charge in [0, 0.05) is 48.6 Å². The molecule has 0 spiro atoms. The monoisotopic (exact) mass is 842 g/mol. The highest BCUT2D eigenvalue weighted by molar-refractivity contribution is 6.36. The minimum atomic E-state index is -0.483. The zero-order valence-electron chi connectivity index (χ0n) is 32.3. The number of nitrogens with zero attached hydrogens (tertiary/aromatic N) is 4. The summed E-state index contributed by atoms with van der Waals surface area (Å²) in [5, 5.41) is 2.06. The Balaban J connectivity index is 0.000000214. The molecule has 2 saturated heterocycles. The Hall–Kier alpha value is -4.22. The van der Waals surface area contributed by atoms with Crippen LogP contribution in [0.1, 0.15) is 64.1 Å². The van der Waals surface area contributed by atoms with E-state index in [0.717, 1.165) is 28.9 Å². The topological polar surface area (TPSA) is 103 Å². The maximum absolute atomic E-state index is 12.0. The summed E-state index contributed by atoms with van der Waals surface area (Å²) in [7, 11) is 0. The van der Waals surface area contributed by atoms with Crippen molar-refractivity contribution >= 4 is 64.7 Å². The Kier molecular flexibility index (Phi) is 14.4. The number of likely N-dealkylation sites (tertiary alicyclic amines) is 2. The van der Waals surface area contributed by atoms with E-state index < -0.39 is 11.2 Å². The van der Waals surface area contributed by atoms with Gasteiger partial charge in [-0.3, -0.25) is 9.97 Å². The van der Waals surface area contributed by atoms with Crippen molar-refractivity contribution in [2.45, 2.75) is 72.4 Å². The predicted octanol–water partition coefficient (Wildman–Crippen LogP) is 11.0. The summed E-state index contributed by atoms with van der Waals surface area (Å²) in [6, 6.07) is 18.1. The molecular formula is C42H46Cl4N4O6. The van der Waals surface area contributed by atoms with Crippen LogP contribution in [0.3, 0.4) is 0 Å². The number of rotatable bonds is 9. The summed E-state index contributed by atoms with van der Waals surface area (Å²) in [5.74, 6) is 1.56. The van der Waals surface area contributed by atoms with Crippen molar-refractivity contribution in [1.29, 1.82) is 0 Å². The van der Waals surface area contributed by atoms with E-state index >= 15 is 0 Å². The van der Waals surface area contributed by atoms with Gasteiger partial charge in [0.25, 0.3) is 0 Å². The lowest BCUT2D eigenvalue weighted by Gasteiger charge is -2.39. The maximum atomic E-state index is 12.0. The normalized spacial score (nSPS) is 14.1. The summed E-state index contributed by atoms with van der Waals surface area (Å²) in [5.41, 5.74) is 4.00. The molecule has 2 fully saturated rings. The molecule has 298 valence electrons. The molecule has 2 amide bonds. The lowest BCUT2D eigenvalue weighted by Crippen LogP contribution is -2.52. The smallest absolute Gasteiger partial charge is 0.410 e. The van der Waals surface area contributed by atoms with Crippen LogP contribution in [0.2, 0.25) is 20.1 Å². The van der Waals surface area contributed by atoms with Crippen LogP contribution >= 0.6 is 46.4 Å². The number of carbonyl (C=O) groups excluding carboxylic acids is 2. The number of pyridine rings is 2. The van der Waals surface area contributed by atoms with Gasteiger partial charge in [-0.2, -0.15) is 0 Å². The van der Waals surface area contributed by atoms with Crippen LogP contribution < -0.4 is 9.47 Å². The first-order valence-corrected chi connectivity index (χ1v) is 19.6. The fourth-order valence-electron chi connectivity index (χ4n) is 5.62. The van der Waals surface area contributed by atoms with Gasteiger partial charge in [-0.1, -0.05) is 52.5 Å². The van der Waals surface area contributed by atoms with Crippen molar-refractivity contribution in [1.82, 2.24) is 19.8 Å². The van der Waals surface area contributed by atoms with E-state index in [0.29, 0.717) is 76.9 Å². The van der Waals surface area contributed by atoms with Crippen LogP contribution in [-0.4, -0.2) is 69.3 Å². The van der Waals surface area contributed by atoms with Gasteiger partial charge in [-0.15, -0.1) is 0 Å². The highest BCUT2D eigenvalue weighted by Gasteiger charge is 2.34. The Labute approximate surface area is 348 Å². The minimum Gasteiger partial charge on any atom is -0.486 e. The van der Waals surface area contributed by atoms with E-state index in [1.807, 2.05) is 65.8 Å². The molecule has 2 aliphatic rings. The van der Waals surface area contributed by atoms with Gasteiger partial charge in [0.1, 0.15) is 35.9 Å². The minimum absolute atomic E-state index is 0.243. The number of hydrogen-bond acceptors (Lipinski definition) is 8. The molecule has 0 radical (unpaired) electrons. The van der Waals surface area contributed by atoms with E-state index in [1.165, 1.54) is 5.56 Å². The van der Waals surface area contributed by atoms with Crippen LogP contribution in [0.5, 0.6) is 11.5 Å². The lowest BCUT2D eigenvalue weighted by molar-refractivity contribution is -0.000925. The molecule has 10 nitrogen and oxygen atoms in total. The molecule has 0 saturated carbocycles. The van der Waals surface area contributed by atoms with Crippen molar-refractivity contribution < 1.29 is 28.5 Å². The van der Waals surface area contributed by atoms with Gasteiger partial charge in [0.15, 0.2) is 0 Å². The summed E-state index contributed by atoms with van der Waals surface area (Å²) in [6.07, 6.45) is 5.93. The van der Waals surface area contributed by atoms with Gasteiger partial charge < -0.3 is 28.7 Å². The van der Waals surface area contributed by atoms with Crippen molar-refractivity contribution in [3.8, 4) is 11.5 Å². The second-order valence-electron chi connectivity index (χ2n) is 15.6. The number of amides is 2. The van der Waals surface area contributed by atoms with Crippen molar-refractivity contribution in [2.75, 3.05) is 26.2 Å². The Morgan fingerprint density at radius 3 is 1.71 bits per heavy atom. The standard InChI is InChI=1S/C21H24Cl2N2O3.C21H22Cl2N2O3/c2*1-21(2,3)28-20(26)25-11-15(12-25)8-14-6-7-24-17(9-14)13-27-19-5-4-16(22)10-18(19)23/h4-7,9-10,15H,8,11-13H2,1-3H3;4-10H,11-13H2,1-3H3. The van der Waals surface area contributed by atoms with Gasteiger partial charge in [-0.05, 0) is 131 Å². The van der Waals surface area contributed by atoms with Crippen molar-refractivity contribution in [3.63, 3.8) is 0 Å². The first kappa shape index (κ1) is 42.9. The van der Waals surface area contributed by atoms with Crippen LogP contribution in [0.25, 0.3) is 6.08 Å². The second-order valence-corrected chi connectivity index (χ2v) is 17.2. The molecule has 0 bridgehead atoms. The van der Waals surface area contributed by atoms with E-state index in [-0.39, 0.29) is 12.2 Å². The van der Waals surface area contributed by atoms with Gasteiger partial charge in [0.2, 0.25) is 0 Å². The predicted molar refractivity (Wildman–Crippen MR) is 221 cm³/mol. The Morgan fingerprint density at radius 1 is 0.696 bits per heavy atom. The molecule has 0 aliphatic carbocycles. The number of carbonyl (C=O) groups is 2. The first-order chi connectivity index (χ1) is 26.4. The van der Waals surface area contributed by atoms with Crippen molar-refractivity contribution in [2.24, 2.45) is 5.92 Å². The lowest BCUT2D eigenvalue weighted by atomic mass is 9.93. The highest BCUT2D eigenvalue weighted by atomic mass is 35.5. The van der Waals surface area contributed by atoms with E-state index in [1.54, 1.807) is 58.6 Å². The molecule has 0 unspecified atom stereocenters. The van der Waals surface area contributed by atoms with E-state index in [2.05, 4.69) is 16.0 Å². The third-order valence-electron chi connectivity index (χ3n) is 8.20. The number of aromatic nitrogens is 2. The molecule has 56 heavy (non-hydrogen) atoms. The average Bonchev–Trinajstić information content (AvgIpc) is 3.06. The average molecular weight is 845 g/mol. The number of hydrogen-bond donors (Lipinski definition) is 0. The molecule has 0 N–H and O–H groups in total. The van der Waals surface area contributed by atoms with Crippen LogP contribution in [0.15, 0.2) is 78.6 Å². The quantitative estimate of drug-likeness (QED) is 0.164. The molecular weight excluding hydrogens is 798 g/mol. The van der Waals surface area contributed by atoms with Gasteiger partial charge in [0.05, 0.1) is 21.4 Å². The fraction of sp³-hybridized carbons (Fsp3) is 0.381. The molecule has 14 heteroatoms. The van der Waals surface area contributed by atoms with Crippen LogP contribution in [0, 0.1) is 5.92 Å². The zero-order chi connectivity index (χ0) is 40.6. The molecule has 4 heterocycles. The zero-order valence-corrected chi connectivity index (χ0v) is 35.3. The Morgan fingerprint density at radius 2 is 1.20 bits per heavy atom. The Bertz CT molecular complexity index is 2030. The molecule has 6 rings (SSSR count). The molecule has 2 aromatic carbocycles. The van der Waals surface area contributed by atoms with Crippen LogP contribution in [0.4, 0.5) is 9.59 Å². The SMILES string of the molecule is CC(C)(C)OC(=O)N1CC(=Cc2ccnc(COc3ccc(Cl)cc3Cl)c2)C1.CC(C)(C)OC(=O)N1CC(Cc2ccnc(COc3ccc(Cl)cc3Cl)c2)C1. The van der Waals surface area contributed by atoms with E-state index in [9.17, 15) is 9.59 Å². The number of ether oxygens (including phenoxy) is 4. The third-order valence-corrected chi connectivity index (χ3v) is 9.27. The molecule has 2 aliphatic heterocycles. The van der Waals surface area contributed by atoms with E-state index in [4.69, 9.17) is 65.4 Å². The summed E-state index contributed by atoms with van der Waals surface area (Å²) < 4.78 is 22.2. The van der Waals surface area contributed by atoms with Gasteiger partial charge in [-0.25, -0.2) is 9.59 Å². The number of benzene rings is 2. The van der Waals surface area contributed by atoms with Gasteiger partial charge >= 0.3 is 12.2 Å². The summed E-state index contributed by atoms with van der Waals surface area (Å²) in [4.78, 5) is 36.1. The molecule has 2 aromatic heterocycles. The fourth-order valence-corrected chi connectivity index (χ4v) is 6.55. The number of halogens is 4. The molecule has 0 atom stereocenters. The highest BCUT2D eigenvalue weighted by Crippen LogP contribution is 2.30. The first-order valence-electron chi connectivity index (χ1n) is 18.1. The third kappa shape index (κ3) is 13.5. The molecule has 4 aromatic rings. The van der Waals surface area contributed by atoms with Crippen LogP contribution in [-0.2, 0) is 29.1 Å². The second kappa shape index (κ2) is 18.8. The maximum Gasteiger partial charge on any atom is 0.410 e. The summed E-state index contributed by atoms with van der Waals surface area (Å²) in [6.45, 7) is 14.4. The largest absolute Gasteiger partial charge is 0.486 e. The summed E-state index contributed by atoms with van der Waals surface area (Å²) >= 11 is 24.0.